The van der Waals surface area contributed by atoms with Crippen LogP contribution in [0.25, 0.3) is 0 Å². The number of rotatable bonds is 6. The van der Waals surface area contributed by atoms with Crippen molar-refractivity contribution in [2.24, 2.45) is 0 Å². The third kappa shape index (κ3) is 4.40. The predicted octanol–water partition coefficient (Wildman–Crippen LogP) is 3.55. The highest BCUT2D eigenvalue weighted by Gasteiger charge is 2.07. The second kappa shape index (κ2) is 7.04. The van der Waals surface area contributed by atoms with Gasteiger partial charge in [0.15, 0.2) is 0 Å². The molecule has 0 spiro atoms. The lowest BCUT2D eigenvalue weighted by Gasteiger charge is -2.13. The summed E-state index contributed by atoms with van der Waals surface area (Å²) in [4.78, 5) is 10.8. The van der Waals surface area contributed by atoms with Gasteiger partial charge < -0.3 is 9.47 Å². The zero-order valence-corrected chi connectivity index (χ0v) is 11.7. The van der Waals surface area contributed by atoms with Crippen LogP contribution in [-0.2, 0) is 16.1 Å². The first-order valence-electron chi connectivity index (χ1n) is 6.41. The number of hydrogen-bond acceptors (Lipinski definition) is 3. The third-order valence-corrected chi connectivity index (χ3v) is 2.82. The molecule has 0 heterocycles. The van der Waals surface area contributed by atoms with Gasteiger partial charge >= 0.3 is 5.97 Å². The fourth-order valence-corrected chi connectivity index (χ4v) is 1.67. The van der Waals surface area contributed by atoms with E-state index in [2.05, 4.69) is 6.92 Å². The van der Waals surface area contributed by atoms with Gasteiger partial charge in [0.2, 0.25) is 0 Å². The van der Waals surface area contributed by atoms with E-state index in [-0.39, 0.29) is 5.97 Å². The van der Waals surface area contributed by atoms with Crippen LogP contribution in [0.2, 0.25) is 0 Å². The molecule has 0 aliphatic rings. The minimum atomic E-state index is -0.254. The first-order chi connectivity index (χ1) is 8.54. The van der Waals surface area contributed by atoms with Crippen LogP contribution in [0.4, 0.5) is 0 Å². The number of benzene rings is 1. The lowest BCUT2D eigenvalue weighted by molar-refractivity contribution is -0.142. The molecule has 1 rings (SSSR count). The maximum atomic E-state index is 10.8. The summed E-state index contributed by atoms with van der Waals surface area (Å²) in [6.07, 6.45) is 2.19. The molecular formula is C15H22O3. The Morgan fingerprint density at radius 3 is 2.56 bits per heavy atom. The van der Waals surface area contributed by atoms with Crippen LogP contribution >= 0.6 is 0 Å². The molecule has 0 bridgehead atoms. The van der Waals surface area contributed by atoms with Gasteiger partial charge in [-0.25, -0.2) is 0 Å². The van der Waals surface area contributed by atoms with Gasteiger partial charge in [0.25, 0.3) is 0 Å². The van der Waals surface area contributed by atoms with Crippen molar-refractivity contribution in [3.8, 4) is 5.75 Å². The first-order valence-corrected chi connectivity index (χ1v) is 6.41. The fraction of sp³-hybridized carbons (Fsp3) is 0.533. The molecule has 0 fully saturated rings. The van der Waals surface area contributed by atoms with Crippen LogP contribution in [0.3, 0.4) is 0 Å². The largest absolute Gasteiger partial charge is 0.493 e. The highest BCUT2D eigenvalue weighted by molar-refractivity contribution is 5.66. The van der Waals surface area contributed by atoms with Gasteiger partial charge in [-0.05, 0) is 49.1 Å². The van der Waals surface area contributed by atoms with Gasteiger partial charge in [-0.2, -0.15) is 0 Å². The van der Waals surface area contributed by atoms with Crippen molar-refractivity contribution in [3.63, 3.8) is 0 Å². The molecule has 1 aromatic rings. The molecule has 0 saturated carbocycles. The third-order valence-electron chi connectivity index (χ3n) is 2.82. The lowest BCUT2D eigenvalue weighted by Crippen LogP contribution is -2.03. The maximum absolute atomic E-state index is 10.8. The van der Waals surface area contributed by atoms with Gasteiger partial charge in [0.05, 0.1) is 6.61 Å². The van der Waals surface area contributed by atoms with Crippen molar-refractivity contribution in [2.45, 2.75) is 47.1 Å². The van der Waals surface area contributed by atoms with Gasteiger partial charge in [-0.15, -0.1) is 0 Å². The van der Waals surface area contributed by atoms with Crippen LogP contribution in [0, 0.1) is 13.8 Å². The number of aryl methyl sites for hydroxylation is 2. The molecule has 0 saturated heterocycles. The number of ether oxygens (including phenoxy) is 2. The van der Waals surface area contributed by atoms with Crippen molar-refractivity contribution in [2.75, 3.05) is 6.61 Å². The van der Waals surface area contributed by atoms with Crippen molar-refractivity contribution in [3.05, 3.63) is 28.8 Å². The Bertz CT molecular complexity index is 410. The Morgan fingerprint density at radius 1 is 1.22 bits per heavy atom. The molecule has 0 aliphatic carbocycles. The second-order valence-electron chi connectivity index (χ2n) is 4.53. The molecule has 0 unspecified atom stereocenters. The molecule has 18 heavy (non-hydrogen) atoms. The Labute approximate surface area is 109 Å². The molecule has 0 aromatic heterocycles. The normalized spacial score (nSPS) is 10.2. The number of unbranched alkanes of at least 4 members (excludes halogenated alkanes) is 1. The number of esters is 1. The molecule has 3 heteroatoms. The zero-order valence-electron chi connectivity index (χ0n) is 11.7. The van der Waals surface area contributed by atoms with E-state index >= 15 is 0 Å². The predicted molar refractivity (Wildman–Crippen MR) is 71.8 cm³/mol. The molecule has 1 aromatic carbocycles. The molecule has 0 N–H and O–H groups in total. The summed E-state index contributed by atoms with van der Waals surface area (Å²) in [6, 6.07) is 4.05. The quantitative estimate of drug-likeness (QED) is 0.572. The Hall–Kier alpha value is -1.51. The number of carbonyl (C=O) groups is 1. The lowest BCUT2D eigenvalue weighted by atomic mass is 10.1. The van der Waals surface area contributed by atoms with Gasteiger partial charge in [0, 0.05) is 6.92 Å². The summed E-state index contributed by atoms with van der Waals surface area (Å²) in [7, 11) is 0. The SMILES string of the molecule is CCCCOc1cc(C)c(COC(C)=O)cc1C. The Morgan fingerprint density at radius 2 is 1.94 bits per heavy atom. The van der Waals surface area contributed by atoms with Gasteiger partial charge in [-0.1, -0.05) is 13.3 Å². The number of carbonyl (C=O) groups excluding carboxylic acids is 1. The van der Waals surface area contributed by atoms with Crippen molar-refractivity contribution in [1.82, 2.24) is 0 Å². The highest BCUT2D eigenvalue weighted by atomic mass is 16.5. The molecule has 0 amide bonds. The molecule has 0 radical (unpaired) electrons. The minimum Gasteiger partial charge on any atom is -0.493 e. The van der Waals surface area contributed by atoms with E-state index in [1.807, 2.05) is 26.0 Å². The van der Waals surface area contributed by atoms with Gasteiger partial charge in [-0.3, -0.25) is 4.79 Å². The monoisotopic (exact) mass is 250 g/mol. The van der Waals surface area contributed by atoms with Crippen LogP contribution < -0.4 is 4.74 Å². The van der Waals surface area contributed by atoms with E-state index in [1.165, 1.54) is 6.92 Å². The maximum Gasteiger partial charge on any atom is 0.302 e. The average Bonchev–Trinajstić information content (AvgIpc) is 2.31. The zero-order chi connectivity index (χ0) is 13.5. The van der Waals surface area contributed by atoms with Gasteiger partial charge in [0.1, 0.15) is 12.4 Å². The second-order valence-corrected chi connectivity index (χ2v) is 4.53. The van der Waals surface area contributed by atoms with Crippen LogP contribution in [0.15, 0.2) is 12.1 Å². The van der Waals surface area contributed by atoms with E-state index in [4.69, 9.17) is 9.47 Å². The summed E-state index contributed by atoms with van der Waals surface area (Å²) in [5.41, 5.74) is 3.21. The van der Waals surface area contributed by atoms with E-state index in [1.54, 1.807) is 0 Å². The van der Waals surface area contributed by atoms with Crippen molar-refractivity contribution < 1.29 is 14.3 Å². The molecule has 3 nitrogen and oxygen atoms in total. The van der Waals surface area contributed by atoms with Crippen LogP contribution in [0.5, 0.6) is 5.75 Å². The molecule has 100 valence electrons. The smallest absolute Gasteiger partial charge is 0.302 e. The Kier molecular flexibility index (Phi) is 5.69. The molecule has 0 aliphatic heterocycles. The Balaban J connectivity index is 2.73. The van der Waals surface area contributed by atoms with E-state index in [0.717, 1.165) is 41.9 Å². The van der Waals surface area contributed by atoms with E-state index < -0.39 is 0 Å². The van der Waals surface area contributed by atoms with Crippen LogP contribution in [0.1, 0.15) is 43.4 Å². The summed E-state index contributed by atoms with van der Waals surface area (Å²) in [5.74, 6) is 0.669. The average molecular weight is 250 g/mol. The summed E-state index contributed by atoms with van der Waals surface area (Å²) < 4.78 is 10.8. The number of hydrogen-bond donors (Lipinski definition) is 0. The first kappa shape index (κ1) is 14.6. The van der Waals surface area contributed by atoms with Crippen molar-refractivity contribution >= 4 is 5.97 Å². The molecular weight excluding hydrogens is 228 g/mol. The highest BCUT2D eigenvalue weighted by Crippen LogP contribution is 2.23. The standard InChI is InChI=1S/C15H22O3/c1-5-6-7-17-15-9-11(2)14(8-12(15)3)10-18-13(4)16/h8-9H,5-7,10H2,1-4H3. The van der Waals surface area contributed by atoms with Crippen LogP contribution in [-0.4, -0.2) is 12.6 Å². The summed E-state index contributed by atoms with van der Waals surface area (Å²) in [6.45, 7) is 8.66. The van der Waals surface area contributed by atoms with Crippen molar-refractivity contribution in [1.29, 1.82) is 0 Å². The fourth-order valence-electron chi connectivity index (χ4n) is 1.67. The topological polar surface area (TPSA) is 35.5 Å². The molecule has 0 atom stereocenters. The van der Waals surface area contributed by atoms with E-state index in [0.29, 0.717) is 6.61 Å². The summed E-state index contributed by atoms with van der Waals surface area (Å²) >= 11 is 0. The van der Waals surface area contributed by atoms with E-state index in [9.17, 15) is 4.79 Å². The summed E-state index contributed by atoms with van der Waals surface area (Å²) in [5, 5.41) is 0. The minimum absolute atomic E-state index is 0.254.